The first-order chi connectivity index (χ1) is 8.31. The molecule has 2 atom stereocenters. The van der Waals surface area contributed by atoms with Crippen molar-refractivity contribution in [1.82, 2.24) is 0 Å². The van der Waals surface area contributed by atoms with Gasteiger partial charge in [0.15, 0.2) is 0 Å². The maximum Gasteiger partial charge on any atom is 0.309 e. The zero-order valence-corrected chi connectivity index (χ0v) is 10.5. The van der Waals surface area contributed by atoms with Crippen LogP contribution in [-0.2, 0) is 9.53 Å². The molecule has 0 N–H and O–H groups in total. The van der Waals surface area contributed by atoms with Gasteiger partial charge in [0.1, 0.15) is 6.10 Å². The second-order valence-corrected chi connectivity index (χ2v) is 5.48. The number of cyclic esters (lactones) is 1. The Morgan fingerprint density at radius 2 is 1.88 bits per heavy atom. The number of ether oxygens (including phenoxy) is 1. The minimum Gasteiger partial charge on any atom is -0.462 e. The van der Waals surface area contributed by atoms with Crippen LogP contribution in [-0.4, -0.2) is 18.7 Å². The van der Waals surface area contributed by atoms with Crippen molar-refractivity contribution in [3.8, 4) is 0 Å². The number of hydrogen-bond acceptors (Lipinski definition) is 2. The molecule has 2 nitrogen and oxygen atoms in total. The Hall–Kier alpha value is -0.600. The molecule has 2 rings (SSSR count). The van der Waals surface area contributed by atoms with E-state index in [1.807, 2.05) is 0 Å². The quantitative estimate of drug-likeness (QED) is 0.703. The lowest BCUT2D eigenvalue weighted by molar-refractivity contribution is -0.165. The zero-order chi connectivity index (χ0) is 12.1. The molecule has 2 fully saturated rings. The van der Waals surface area contributed by atoms with Crippen LogP contribution in [0.3, 0.4) is 0 Å². The third kappa shape index (κ3) is 3.43. The van der Waals surface area contributed by atoms with E-state index < -0.39 is 0 Å². The predicted molar refractivity (Wildman–Crippen MR) is 64.4 cm³/mol. The Bertz CT molecular complexity index is 249. The monoisotopic (exact) mass is 242 g/mol. The summed E-state index contributed by atoms with van der Waals surface area (Å²) in [6, 6.07) is 0. The molecule has 3 heteroatoms. The Kier molecular flexibility index (Phi) is 4.81. The minimum atomic E-state index is -0.324. The van der Waals surface area contributed by atoms with Crippen molar-refractivity contribution >= 4 is 5.97 Å². The molecule has 1 aliphatic heterocycles. The molecule has 1 saturated heterocycles. The standard InChI is InChI=1S/C14H23FO2/c15-10-4-7-12-8-9-13(17-14(12)16)11-5-2-1-3-6-11/h11-13H,1-10H2. The summed E-state index contributed by atoms with van der Waals surface area (Å²) < 4.78 is 17.7. The van der Waals surface area contributed by atoms with Gasteiger partial charge in [-0.3, -0.25) is 9.18 Å². The fourth-order valence-corrected chi connectivity index (χ4v) is 3.21. The molecule has 17 heavy (non-hydrogen) atoms. The third-order valence-corrected chi connectivity index (χ3v) is 4.26. The summed E-state index contributed by atoms with van der Waals surface area (Å²) in [4.78, 5) is 11.8. The van der Waals surface area contributed by atoms with Crippen molar-refractivity contribution in [3.63, 3.8) is 0 Å². The first-order valence-electron chi connectivity index (χ1n) is 7.07. The van der Waals surface area contributed by atoms with Gasteiger partial charge in [0.05, 0.1) is 12.6 Å². The van der Waals surface area contributed by atoms with Crippen molar-refractivity contribution in [2.45, 2.75) is 63.9 Å². The van der Waals surface area contributed by atoms with Gasteiger partial charge in [0.25, 0.3) is 0 Å². The van der Waals surface area contributed by atoms with Crippen molar-refractivity contribution in [2.75, 3.05) is 6.67 Å². The molecule has 0 radical (unpaired) electrons. The van der Waals surface area contributed by atoms with Crippen LogP contribution in [0.5, 0.6) is 0 Å². The number of esters is 1. The molecule has 0 bridgehead atoms. The lowest BCUT2D eigenvalue weighted by atomic mass is 9.81. The summed E-state index contributed by atoms with van der Waals surface area (Å²) in [6.07, 6.45) is 9.53. The number of carbonyl (C=O) groups excluding carboxylic acids is 1. The van der Waals surface area contributed by atoms with Crippen LogP contribution in [0.1, 0.15) is 57.8 Å². The van der Waals surface area contributed by atoms with E-state index in [-0.39, 0.29) is 24.7 Å². The second-order valence-electron chi connectivity index (χ2n) is 5.48. The fraction of sp³-hybridized carbons (Fsp3) is 0.929. The maximum atomic E-state index is 12.1. The summed E-state index contributed by atoms with van der Waals surface area (Å²) in [6.45, 7) is -0.324. The minimum absolute atomic E-state index is 0.0365. The number of alkyl halides is 1. The average molecular weight is 242 g/mol. The highest BCUT2D eigenvalue weighted by molar-refractivity contribution is 5.73. The van der Waals surface area contributed by atoms with Gasteiger partial charge in [-0.1, -0.05) is 19.3 Å². The van der Waals surface area contributed by atoms with Crippen molar-refractivity contribution in [2.24, 2.45) is 11.8 Å². The largest absolute Gasteiger partial charge is 0.462 e. The molecule has 0 amide bonds. The van der Waals surface area contributed by atoms with E-state index in [1.54, 1.807) is 0 Å². The van der Waals surface area contributed by atoms with Gasteiger partial charge in [0.2, 0.25) is 0 Å². The van der Waals surface area contributed by atoms with E-state index in [4.69, 9.17) is 4.74 Å². The highest BCUT2D eigenvalue weighted by Gasteiger charge is 2.34. The molecule has 2 aliphatic rings. The Balaban J connectivity index is 1.79. The van der Waals surface area contributed by atoms with Crippen molar-refractivity contribution < 1.29 is 13.9 Å². The molecule has 0 aromatic heterocycles. The lowest BCUT2D eigenvalue weighted by Gasteiger charge is -2.35. The Morgan fingerprint density at radius 3 is 2.53 bits per heavy atom. The summed E-state index contributed by atoms with van der Waals surface area (Å²) in [5, 5.41) is 0. The van der Waals surface area contributed by atoms with Crippen molar-refractivity contribution in [3.05, 3.63) is 0 Å². The molecule has 1 aliphatic carbocycles. The highest BCUT2D eigenvalue weighted by atomic mass is 19.1. The number of carbonyl (C=O) groups is 1. The van der Waals surface area contributed by atoms with Gasteiger partial charge in [-0.05, 0) is 44.4 Å². The Labute approximate surface area is 103 Å². The van der Waals surface area contributed by atoms with E-state index in [2.05, 4.69) is 0 Å². The van der Waals surface area contributed by atoms with Crippen LogP contribution in [0.15, 0.2) is 0 Å². The fourth-order valence-electron chi connectivity index (χ4n) is 3.21. The summed E-state index contributed by atoms with van der Waals surface area (Å²) in [5.41, 5.74) is 0. The van der Waals surface area contributed by atoms with E-state index >= 15 is 0 Å². The molecule has 2 unspecified atom stereocenters. The van der Waals surface area contributed by atoms with Crippen molar-refractivity contribution in [1.29, 1.82) is 0 Å². The first kappa shape index (κ1) is 12.8. The molecule has 1 saturated carbocycles. The van der Waals surface area contributed by atoms with Crippen LogP contribution in [0.2, 0.25) is 0 Å². The number of rotatable bonds is 4. The van der Waals surface area contributed by atoms with Crippen LogP contribution in [0.25, 0.3) is 0 Å². The maximum absolute atomic E-state index is 12.1. The van der Waals surface area contributed by atoms with Gasteiger partial charge < -0.3 is 4.74 Å². The number of hydrogen-bond donors (Lipinski definition) is 0. The zero-order valence-electron chi connectivity index (χ0n) is 10.5. The topological polar surface area (TPSA) is 26.3 Å². The molecule has 1 heterocycles. The van der Waals surface area contributed by atoms with Gasteiger partial charge in [-0.2, -0.15) is 0 Å². The first-order valence-corrected chi connectivity index (χ1v) is 7.07. The van der Waals surface area contributed by atoms with Gasteiger partial charge in [0, 0.05) is 0 Å². The van der Waals surface area contributed by atoms with Crippen LogP contribution in [0.4, 0.5) is 4.39 Å². The Morgan fingerprint density at radius 1 is 1.12 bits per heavy atom. The normalized spacial score (nSPS) is 31.2. The summed E-state index contributed by atoms with van der Waals surface area (Å²) >= 11 is 0. The molecule has 0 aromatic rings. The highest BCUT2D eigenvalue weighted by Crippen LogP contribution is 2.34. The van der Waals surface area contributed by atoms with Gasteiger partial charge in [-0.15, -0.1) is 0 Å². The van der Waals surface area contributed by atoms with E-state index in [9.17, 15) is 9.18 Å². The molecule has 98 valence electrons. The van der Waals surface area contributed by atoms with E-state index in [0.717, 1.165) is 12.8 Å². The van der Waals surface area contributed by atoms with E-state index in [1.165, 1.54) is 32.1 Å². The SMILES string of the molecule is O=C1OC(C2CCCCC2)CCC1CCCF. The summed E-state index contributed by atoms with van der Waals surface area (Å²) in [5.74, 6) is 0.487. The average Bonchev–Trinajstić information content (AvgIpc) is 2.38. The molecular weight excluding hydrogens is 219 g/mol. The molecular formula is C14H23FO2. The van der Waals surface area contributed by atoms with Gasteiger partial charge >= 0.3 is 5.97 Å². The van der Waals surface area contributed by atoms with Gasteiger partial charge in [-0.25, -0.2) is 0 Å². The predicted octanol–water partition coefficient (Wildman–Crippen LogP) is 3.64. The molecule has 0 aromatic carbocycles. The van der Waals surface area contributed by atoms with Crippen LogP contribution >= 0.6 is 0 Å². The van der Waals surface area contributed by atoms with Crippen LogP contribution in [0, 0.1) is 11.8 Å². The van der Waals surface area contributed by atoms with E-state index in [0.29, 0.717) is 18.8 Å². The lowest BCUT2D eigenvalue weighted by Crippen LogP contribution is -2.36. The molecule has 0 spiro atoms. The third-order valence-electron chi connectivity index (χ3n) is 4.26. The second kappa shape index (κ2) is 6.36. The van der Waals surface area contributed by atoms with Crippen LogP contribution < -0.4 is 0 Å². The summed E-state index contributed by atoms with van der Waals surface area (Å²) in [7, 11) is 0. The number of halogens is 1. The smallest absolute Gasteiger partial charge is 0.309 e.